The number of amides is 2. The number of hydrogen-bond acceptors (Lipinski definition) is 7. The number of piperidine rings is 1. The van der Waals surface area contributed by atoms with E-state index in [1.54, 1.807) is 27.3 Å². The van der Waals surface area contributed by atoms with Gasteiger partial charge < -0.3 is 18.9 Å². The fourth-order valence-electron chi connectivity index (χ4n) is 7.01. The number of carbonyl (C=O) groups excluding carboxylic acids is 2. The van der Waals surface area contributed by atoms with Crippen LogP contribution in [0.4, 0.5) is 0 Å². The smallest absolute Gasteiger partial charge is 0.250 e. The van der Waals surface area contributed by atoms with Crippen molar-refractivity contribution in [2.75, 3.05) is 40.8 Å². The average Bonchev–Trinajstić information content (AvgIpc) is 3.02. The Bertz CT molecular complexity index is 1600. The minimum atomic E-state index is -1.38. The van der Waals surface area contributed by atoms with Crippen molar-refractivity contribution in [1.29, 1.82) is 0 Å². The molecule has 3 aromatic rings. The second-order valence-electron chi connectivity index (χ2n) is 11.9. The average molecular weight is 601 g/mol. The summed E-state index contributed by atoms with van der Waals surface area (Å²) in [5, 5.41) is 0.191. The van der Waals surface area contributed by atoms with E-state index in [1.165, 1.54) is 9.80 Å². The quantitative estimate of drug-likeness (QED) is 0.290. The van der Waals surface area contributed by atoms with E-state index in [0.717, 1.165) is 23.2 Å². The first kappa shape index (κ1) is 29.1. The number of hydrogen-bond donors (Lipinski definition) is 0. The van der Waals surface area contributed by atoms with E-state index in [2.05, 4.69) is 4.90 Å². The van der Waals surface area contributed by atoms with Crippen molar-refractivity contribution >= 4 is 29.1 Å². The van der Waals surface area contributed by atoms with E-state index in [9.17, 15) is 14.4 Å². The zero-order valence-electron chi connectivity index (χ0n) is 24.7. The van der Waals surface area contributed by atoms with Crippen LogP contribution >= 0.6 is 12.2 Å². The fourth-order valence-corrected chi connectivity index (χ4v) is 7.17. The maximum Gasteiger partial charge on any atom is 0.250 e. The molecule has 0 radical (unpaired) electrons. The summed E-state index contributed by atoms with van der Waals surface area (Å²) in [6.07, 6.45) is 1.17. The lowest BCUT2D eigenvalue weighted by atomic mass is 9.75. The van der Waals surface area contributed by atoms with Gasteiger partial charge in [-0.2, -0.15) is 0 Å². The van der Waals surface area contributed by atoms with Crippen LogP contribution in [0.15, 0.2) is 71.5 Å². The zero-order chi connectivity index (χ0) is 30.3. The Morgan fingerprint density at radius 2 is 1.60 bits per heavy atom. The SMILES string of the molecule is COc1cc(CC2(CN3CC4CC(C3)c3cccc(=O)n3C4)C(=O)N(C)C(=S)N(C)C2=O)ccc1OCc1ccccc1. The number of carbonyl (C=O) groups is 2. The van der Waals surface area contributed by atoms with Gasteiger partial charge in [-0.05, 0) is 60.3 Å². The molecule has 0 saturated carbocycles. The Kier molecular flexibility index (Phi) is 7.83. The van der Waals surface area contributed by atoms with Gasteiger partial charge in [0.05, 0.1) is 7.11 Å². The topological polar surface area (TPSA) is 84.3 Å². The molecule has 2 unspecified atom stereocenters. The van der Waals surface area contributed by atoms with Gasteiger partial charge in [-0.25, -0.2) is 0 Å². The molecule has 2 saturated heterocycles. The first-order chi connectivity index (χ1) is 20.7. The highest BCUT2D eigenvalue weighted by molar-refractivity contribution is 7.80. The second kappa shape index (κ2) is 11.6. The normalized spacial score (nSPS) is 21.5. The number of pyridine rings is 1. The van der Waals surface area contributed by atoms with Crippen molar-refractivity contribution in [3.05, 3.63) is 93.9 Å². The molecule has 43 heavy (non-hydrogen) atoms. The molecule has 2 amide bonds. The molecule has 0 aliphatic carbocycles. The van der Waals surface area contributed by atoms with Crippen LogP contribution < -0.4 is 15.0 Å². The van der Waals surface area contributed by atoms with E-state index in [0.29, 0.717) is 37.7 Å². The van der Waals surface area contributed by atoms with Crippen molar-refractivity contribution in [2.45, 2.75) is 31.9 Å². The predicted molar refractivity (Wildman–Crippen MR) is 166 cm³/mol. The first-order valence-corrected chi connectivity index (χ1v) is 15.0. The van der Waals surface area contributed by atoms with Gasteiger partial charge in [0.15, 0.2) is 16.6 Å². The van der Waals surface area contributed by atoms with Crippen molar-refractivity contribution < 1.29 is 19.1 Å². The van der Waals surface area contributed by atoms with Crippen LogP contribution in [-0.4, -0.2) is 77.0 Å². The molecular weight excluding hydrogens is 564 g/mol. The predicted octanol–water partition coefficient (Wildman–Crippen LogP) is 3.30. The molecule has 4 heterocycles. The number of methoxy groups -OCH3 is 1. The number of fused-ring (bicyclic) bond motifs is 4. The van der Waals surface area contributed by atoms with Gasteiger partial charge >= 0.3 is 0 Å². The number of thiocarbonyl (C=S) groups is 1. The number of benzene rings is 2. The Morgan fingerprint density at radius 1 is 0.860 bits per heavy atom. The fraction of sp³-hybridized carbons (Fsp3) is 0.394. The van der Waals surface area contributed by atoms with Crippen molar-refractivity contribution in [3.63, 3.8) is 0 Å². The van der Waals surface area contributed by atoms with Crippen LogP contribution in [0.3, 0.4) is 0 Å². The maximum atomic E-state index is 14.1. The number of nitrogens with zero attached hydrogens (tertiary/aromatic N) is 4. The summed E-state index contributed by atoms with van der Waals surface area (Å²) in [6.45, 7) is 2.64. The molecule has 224 valence electrons. The van der Waals surface area contributed by atoms with Crippen molar-refractivity contribution in [2.24, 2.45) is 11.3 Å². The first-order valence-electron chi connectivity index (χ1n) is 14.6. The molecule has 6 rings (SSSR count). The summed E-state index contributed by atoms with van der Waals surface area (Å²) in [4.78, 5) is 45.9. The summed E-state index contributed by atoms with van der Waals surface area (Å²) in [7, 11) is 4.85. The third-order valence-electron chi connectivity index (χ3n) is 9.02. The van der Waals surface area contributed by atoms with E-state index >= 15 is 0 Å². The highest BCUT2D eigenvalue weighted by Gasteiger charge is 2.55. The summed E-state index contributed by atoms with van der Waals surface area (Å²) in [6, 6.07) is 20.9. The lowest BCUT2D eigenvalue weighted by molar-refractivity contribution is -0.157. The van der Waals surface area contributed by atoms with E-state index in [1.807, 2.05) is 65.2 Å². The van der Waals surface area contributed by atoms with Crippen LogP contribution in [0.5, 0.6) is 11.5 Å². The molecule has 3 aliphatic rings. The van der Waals surface area contributed by atoms with Crippen LogP contribution in [0, 0.1) is 11.3 Å². The molecule has 2 aromatic carbocycles. The Labute approximate surface area is 256 Å². The molecule has 2 atom stereocenters. The van der Waals surface area contributed by atoms with Gasteiger partial charge in [0.2, 0.25) is 11.8 Å². The Hall–Kier alpha value is -4.02. The molecule has 2 fully saturated rings. The summed E-state index contributed by atoms with van der Waals surface area (Å²) >= 11 is 5.45. The van der Waals surface area contributed by atoms with Gasteiger partial charge in [-0.1, -0.05) is 42.5 Å². The lowest BCUT2D eigenvalue weighted by Crippen LogP contribution is -2.67. The summed E-state index contributed by atoms with van der Waals surface area (Å²) in [5.41, 5.74) is 1.48. The molecular formula is C33H36N4O5S. The molecule has 0 N–H and O–H groups in total. The largest absolute Gasteiger partial charge is 0.493 e. The molecule has 1 aromatic heterocycles. The van der Waals surface area contributed by atoms with E-state index < -0.39 is 5.41 Å². The number of likely N-dealkylation sites (tertiary alicyclic amines) is 1. The van der Waals surface area contributed by atoms with Crippen molar-refractivity contribution in [1.82, 2.24) is 19.3 Å². The van der Waals surface area contributed by atoms with Gasteiger partial charge in [-0.15, -0.1) is 0 Å². The molecule has 3 aliphatic heterocycles. The van der Waals surface area contributed by atoms with Crippen LogP contribution in [0.25, 0.3) is 0 Å². The van der Waals surface area contributed by atoms with E-state index in [4.69, 9.17) is 21.7 Å². The Balaban J connectivity index is 1.30. The number of ether oxygens (including phenoxy) is 2. The minimum absolute atomic E-state index is 0.0247. The third-order valence-corrected chi connectivity index (χ3v) is 9.57. The highest BCUT2D eigenvalue weighted by Crippen LogP contribution is 2.40. The molecule has 2 bridgehead atoms. The van der Waals surface area contributed by atoms with Gasteiger partial charge in [0.25, 0.3) is 5.56 Å². The van der Waals surface area contributed by atoms with Gasteiger partial charge in [0, 0.05) is 58.0 Å². The standard InChI is InChI=1S/C33H36N4O5S/c1-34-30(39)33(31(40)35(2)32(34)43,21-36-17-24-14-25(19-36)26-10-7-11-29(38)37(26)18-24)16-23-12-13-27(28(15-23)41-3)42-20-22-8-5-4-6-9-22/h4-13,15,24-25H,14,16-21H2,1-3H3. The Morgan fingerprint density at radius 3 is 2.33 bits per heavy atom. The van der Waals surface area contributed by atoms with Crippen LogP contribution in [0.1, 0.15) is 29.2 Å². The van der Waals surface area contributed by atoms with Gasteiger partial charge in [-0.3, -0.25) is 24.2 Å². The number of aromatic nitrogens is 1. The third kappa shape index (κ3) is 5.34. The minimum Gasteiger partial charge on any atom is -0.493 e. The molecule has 0 spiro atoms. The van der Waals surface area contributed by atoms with Crippen LogP contribution in [0.2, 0.25) is 0 Å². The summed E-state index contributed by atoms with van der Waals surface area (Å²) in [5.74, 6) is 0.914. The maximum absolute atomic E-state index is 14.1. The van der Waals surface area contributed by atoms with E-state index in [-0.39, 0.29) is 47.3 Å². The van der Waals surface area contributed by atoms with Crippen molar-refractivity contribution in [3.8, 4) is 11.5 Å². The monoisotopic (exact) mass is 600 g/mol. The lowest BCUT2D eigenvalue weighted by Gasteiger charge is -2.48. The van der Waals surface area contributed by atoms with Gasteiger partial charge in [0.1, 0.15) is 12.0 Å². The highest BCUT2D eigenvalue weighted by atomic mass is 32.1. The molecule has 9 nitrogen and oxygen atoms in total. The zero-order valence-corrected chi connectivity index (χ0v) is 25.5. The summed E-state index contributed by atoms with van der Waals surface area (Å²) < 4.78 is 13.6. The molecule has 10 heteroatoms. The number of rotatable bonds is 8. The van der Waals surface area contributed by atoms with Crippen LogP contribution in [-0.2, 0) is 29.2 Å². The second-order valence-corrected chi connectivity index (χ2v) is 12.3.